The van der Waals surface area contributed by atoms with E-state index in [-0.39, 0.29) is 0 Å². The van der Waals surface area contributed by atoms with Crippen molar-refractivity contribution in [1.29, 1.82) is 0 Å². The van der Waals surface area contributed by atoms with Crippen LogP contribution in [0.3, 0.4) is 0 Å². The second kappa shape index (κ2) is 2.92. The van der Waals surface area contributed by atoms with E-state index in [0.717, 1.165) is 18.2 Å². The molecule has 4 heteroatoms. The third-order valence-electron chi connectivity index (χ3n) is 1.73. The molecule has 1 rings (SSSR count). The Labute approximate surface area is 67.6 Å². The molecule has 0 radical (unpaired) electrons. The van der Waals surface area contributed by atoms with E-state index in [9.17, 15) is 17.6 Å². The predicted molar refractivity (Wildman–Crippen MR) is 37.3 cm³/mol. The molecule has 2 unspecified atom stereocenters. The van der Waals surface area contributed by atoms with E-state index in [4.69, 9.17) is 0 Å². The molecule has 0 aromatic heterocycles. The van der Waals surface area contributed by atoms with Gasteiger partial charge >= 0.3 is 6.18 Å². The smallest absolute Gasteiger partial charge is 0.242 e. The highest BCUT2D eigenvalue weighted by molar-refractivity contribution is 5.29. The van der Waals surface area contributed by atoms with Crippen LogP contribution in [0.5, 0.6) is 0 Å². The van der Waals surface area contributed by atoms with Gasteiger partial charge in [0.15, 0.2) is 0 Å². The maximum Gasteiger partial charge on any atom is 0.416 e. The summed E-state index contributed by atoms with van der Waals surface area (Å²) < 4.78 is 48.6. The Kier molecular flexibility index (Phi) is 2.26. The van der Waals surface area contributed by atoms with Crippen LogP contribution in [0.4, 0.5) is 17.6 Å². The van der Waals surface area contributed by atoms with Crippen molar-refractivity contribution < 1.29 is 17.6 Å². The van der Waals surface area contributed by atoms with Gasteiger partial charge in [-0.1, -0.05) is 19.1 Å². The lowest BCUT2D eigenvalue weighted by molar-refractivity contribution is -0.0891. The first-order chi connectivity index (χ1) is 5.41. The van der Waals surface area contributed by atoms with Crippen LogP contribution >= 0.6 is 0 Å². The Bertz CT molecular complexity index is 224. The lowest BCUT2D eigenvalue weighted by Gasteiger charge is -2.17. The summed E-state index contributed by atoms with van der Waals surface area (Å²) in [5.41, 5.74) is -0.760. The van der Waals surface area contributed by atoms with Gasteiger partial charge in [0.25, 0.3) is 0 Å². The predicted octanol–water partition coefficient (Wildman–Crippen LogP) is 3.02. The minimum Gasteiger partial charge on any atom is -0.242 e. The van der Waals surface area contributed by atoms with Crippen molar-refractivity contribution in [3.8, 4) is 0 Å². The van der Waals surface area contributed by atoms with Gasteiger partial charge in [-0.2, -0.15) is 13.2 Å². The molecule has 0 spiro atoms. The van der Waals surface area contributed by atoms with Crippen LogP contribution in [0.15, 0.2) is 23.8 Å². The number of hydrogen-bond donors (Lipinski definition) is 0. The van der Waals surface area contributed by atoms with Crippen molar-refractivity contribution in [3.63, 3.8) is 0 Å². The normalized spacial score (nSPS) is 30.2. The van der Waals surface area contributed by atoms with Gasteiger partial charge in [0.2, 0.25) is 0 Å². The molecule has 0 N–H and O–H groups in total. The van der Waals surface area contributed by atoms with E-state index in [2.05, 4.69) is 0 Å². The Hall–Kier alpha value is -0.800. The summed E-state index contributed by atoms with van der Waals surface area (Å²) in [6.45, 7) is 1.42. The van der Waals surface area contributed by atoms with Crippen LogP contribution in [0.1, 0.15) is 6.92 Å². The molecule has 68 valence electrons. The van der Waals surface area contributed by atoms with Crippen LogP contribution in [0.25, 0.3) is 0 Å². The van der Waals surface area contributed by atoms with Crippen molar-refractivity contribution in [2.75, 3.05) is 0 Å². The Morgan fingerprint density at radius 3 is 2.33 bits per heavy atom. The zero-order chi connectivity index (χ0) is 9.35. The van der Waals surface area contributed by atoms with Gasteiger partial charge in [-0.25, -0.2) is 4.39 Å². The van der Waals surface area contributed by atoms with E-state index in [1.807, 2.05) is 0 Å². The van der Waals surface area contributed by atoms with Crippen LogP contribution in [0, 0.1) is 5.92 Å². The van der Waals surface area contributed by atoms with Crippen LogP contribution in [-0.4, -0.2) is 12.3 Å². The summed E-state index contributed by atoms with van der Waals surface area (Å²) in [4.78, 5) is 0. The highest BCUT2D eigenvalue weighted by Gasteiger charge is 2.34. The van der Waals surface area contributed by atoms with Gasteiger partial charge in [0, 0.05) is 5.92 Å². The minimum atomic E-state index is -4.36. The number of allylic oxidation sites excluding steroid dienone is 4. The molecule has 0 heterocycles. The SMILES string of the molecule is CC1C=C(C(F)(F)F)C=CC1F. The van der Waals surface area contributed by atoms with Crippen molar-refractivity contribution in [3.05, 3.63) is 23.8 Å². The molecule has 0 aromatic carbocycles. The van der Waals surface area contributed by atoms with E-state index >= 15 is 0 Å². The standard InChI is InChI=1S/C8H8F4/c1-5-4-6(8(10,11)12)2-3-7(5)9/h2-5,7H,1H3. The summed E-state index contributed by atoms with van der Waals surface area (Å²) in [5.74, 6) is -0.688. The summed E-state index contributed by atoms with van der Waals surface area (Å²) >= 11 is 0. The molecule has 1 aliphatic rings. The maximum absolute atomic E-state index is 12.6. The molecule has 0 aliphatic heterocycles. The lowest BCUT2D eigenvalue weighted by Crippen LogP contribution is -2.18. The third kappa shape index (κ3) is 1.87. The van der Waals surface area contributed by atoms with Gasteiger partial charge in [-0.15, -0.1) is 0 Å². The van der Waals surface area contributed by atoms with Crippen LogP contribution < -0.4 is 0 Å². The minimum absolute atomic E-state index is 0.688. The van der Waals surface area contributed by atoms with E-state index < -0.39 is 23.8 Å². The highest BCUT2D eigenvalue weighted by Crippen LogP contribution is 2.31. The average Bonchev–Trinajstić information content (AvgIpc) is 1.92. The zero-order valence-corrected chi connectivity index (χ0v) is 6.40. The van der Waals surface area contributed by atoms with E-state index in [0.29, 0.717) is 0 Å². The highest BCUT2D eigenvalue weighted by atomic mass is 19.4. The quantitative estimate of drug-likeness (QED) is 0.502. The molecule has 2 atom stereocenters. The molecule has 0 saturated carbocycles. The summed E-state index contributed by atoms with van der Waals surface area (Å²) in [6, 6.07) is 0. The number of alkyl halides is 4. The van der Waals surface area contributed by atoms with Crippen molar-refractivity contribution in [2.45, 2.75) is 19.3 Å². The topological polar surface area (TPSA) is 0 Å². The molecule has 0 aromatic rings. The first kappa shape index (κ1) is 9.29. The molecular weight excluding hydrogens is 172 g/mol. The maximum atomic E-state index is 12.6. The Balaban J connectivity index is 2.84. The molecule has 0 amide bonds. The summed E-state index contributed by atoms with van der Waals surface area (Å²) in [6.07, 6.45) is -3.02. The summed E-state index contributed by atoms with van der Waals surface area (Å²) in [7, 11) is 0. The Morgan fingerprint density at radius 2 is 1.92 bits per heavy atom. The second-order valence-corrected chi connectivity index (χ2v) is 2.78. The van der Waals surface area contributed by atoms with E-state index in [1.54, 1.807) is 0 Å². The largest absolute Gasteiger partial charge is 0.416 e. The monoisotopic (exact) mass is 180 g/mol. The molecule has 1 aliphatic carbocycles. The molecule has 0 nitrogen and oxygen atoms in total. The van der Waals surface area contributed by atoms with Crippen molar-refractivity contribution in [1.82, 2.24) is 0 Å². The first-order valence-electron chi connectivity index (χ1n) is 3.52. The number of halogens is 4. The van der Waals surface area contributed by atoms with Crippen molar-refractivity contribution in [2.24, 2.45) is 5.92 Å². The second-order valence-electron chi connectivity index (χ2n) is 2.78. The molecule has 0 bridgehead atoms. The van der Waals surface area contributed by atoms with Gasteiger partial charge in [-0.05, 0) is 6.08 Å². The number of hydrogen-bond acceptors (Lipinski definition) is 0. The van der Waals surface area contributed by atoms with Gasteiger partial charge < -0.3 is 0 Å². The fraction of sp³-hybridized carbons (Fsp3) is 0.500. The lowest BCUT2D eigenvalue weighted by atomic mass is 9.96. The van der Waals surface area contributed by atoms with Gasteiger partial charge in [0.1, 0.15) is 6.17 Å². The molecular formula is C8H8F4. The molecule has 12 heavy (non-hydrogen) atoms. The zero-order valence-electron chi connectivity index (χ0n) is 6.40. The Morgan fingerprint density at radius 1 is 1.33 bits per heavy atom. The van der Waals surface area contributed by atoms with E-state index in [1.165, 1.54) is 6.92 Å². The summed E-state index contributed by atoms with van der Waals surface area (Å²) in [5, 5.41) is 0. The molecule has 0 fully saturated rings. The van der Waals surface area contributed by atoms with Crippen LogP contribution in [-0.2, 0) is 0 Å². The molecule has 0 saturated heterocycles. The first-order valence-corrected chi connectivity index (χ1v) is 3.52. The third-order valence-corrected chi connectivity index (χ3v) is 1.73. The van der Waals surface area contributed by atoms with Gasteiger partial charge in [-0.3, -0.25) is 0 Å². The fourth-order valence-electron chi connectivity index (χ4n) is 0.991. The average molecular weight is 180 g/mol. The fourth-order valence-corrected chi connectivity index (χ4v) is 0.991. The number of rotatable bonds is 0. The van der Waals surface area contributed by atoms with Crippen molar-refractivity contribution >= 4 is 0 Å². The van der Waals surface area contributed by atoms with Gasteiger partial charge in [0.05, 0.1) is 5.57 Å². The van der Waals surface area contributed by atoms with Crippen LogP contribution in [0.2, 0.25) is 0 Å².